The van der Waals surface area contributed by atoms with Crippen molar-refractivity contribution in [3.8, 4) is 0 Å². The molecule has 0 radical (unpaired) electrons. The van der Waals surface area contributed by atoms with Crippen LogP contribution in [0.2, 0.25) is 0 Å². The Balaban J connectivity index is 2.10. The summed E-state index contributed by atoms with van der Waals surface area (Å²) in [5.41, 5.74) is 2.63. The second-order valence-corrected chi connectivity index (χ2v) is 3.83. The number of hydrogen-bond donors (Lipinski definition) is 2. The zero-order valence-corrected chi connectivity index (χ0v) is 10.1. The number of nitro groups is 1. The number of hydroxylamine groups is 1. The van der Waals surface area contributed by atoms with Gasteiger partial charge >= 0.3 is 5.88 Å². The van der Waals surface area contributed by atoms with Gasteiger partial charge in [-0.05, 0) is 29.8 Å². The van der Waals surface area contributed by atoms with Gasteiger partial charge in [-0.1, -0.05) is 18.2 Å². The Kier molecular flexibility index (Phi) is 3.92. The second kappa shape index (κ2) is 5.81. The smallest absolute Gasteiger partial charge is 0.401 e. The van der Waals surface area contributed by atoms with E-state index in [4.69, 9.17) is 9.62 Å². The summed E-state index contributed by atoms with van der Waals surface area (Å²) in [5, 5.41) is 18.9. The Morgan fingerprint density at radius 2 is 1.90 bits per heavy atom. The molecule has 7 heteroatoms. The van der Waals surface area contributed by atoms with Crippen LogP contribution in [0.1, 0.15) is 21.7 Å². The highest BCUT2D eigenvalue weighted by Gasteiger charge is 2.09. The van der Waals surface area contributed by atoms with Crippen LogP contribution >= 0.6 is 0 Å². The van der Waals surface area contributed by atoms with Crippen LogP contribution in [-0.2, 0) is 0 Å². The number of rotatable bonds is 4. The lowest BCUT2D eigenvalue weighted by atomic mass is 10.1. The molecular formula is C13H10N2O5. The summed E-state index contributed by atoms with van der Waals surface area (Å²) in [6.07, 6.45) is 3.26. The van der Waals surface area contributed by atoms with E-state index in [9.17, 15) is 14.9 Å². The number of carbonyl (C=O) groups excluding carboxylic acids is 1. The first-order chi connectivity index (χ1) is 9.60. The van der Waals surface area contributed by atoms with E-state index in [1.165, 1.54) is 29.7 Å². The third-order valence-corrected chi connectivity index (χ3v) is 2.51. The molecule has 0 atom stereocenters. The monoisotopic (exact) mass is 274 g/mol. The second-order valence-electron chi connectivity index (χ2n) is 3.83. The van der Waals surface area contributed by atoms with E-state index in [-0.39, 0.29) is 5.88 Å². The van der Waals surface area contributed by atoms with Gasteiger partial charge in [0.25, 0.3) is 5.91 Å². The number of nitrogens with zero attached hydrogens (tertiary/aromatic N) is 1. The van der Waals surface area contributed by atoms with Crippen LogP contribution < -0.4 is 5.48 Å². The lowest BCUT2D eigenvalue weighted by Crippen LogP contribution is -2.18. The van der Waals surface area contributed by atoms with Gasteiger partial charge in [-0.15, -0.1) is 0 Å². The van der Waals surface area contributed by atoms with Gasteiger partial charge < -0.3 is 4.42 Å². The standard InChI is InChI=1S/C13H10N2O5/c16-13(14-17)10-4-1-9(2-5-10)3-6-11-7-8-12(20-11)15(18)19/h1-8,17H,(H,14,16)/b6-3+. The van der Waals surface area contributed by atoms with Gasteiger partial charge in [0, 0.05) is 5.56 Å². The molecule has 0 fully saturated rings. The predicted molar refractivity (Wildman–Crippen MR) is 70.0 cm³/mol. The van der Waals surface area contributed by atoms with Crippen molar-refractivity contribution < 1.29 is 19.3 Å². The third kappa shape index (κ3) is 3.09. The summed E-state index contributed by atoms with van der Waals surface area (Å²) in [6, 6.07) is 9.17. The lowest BCUT2D eigenvalue weighted by Gasteiger charge is -1.98. The Hall–Kier alpha value is -2.93. The molecule has 102 valence electrons. The Bertz CT molecular complexity index is 658. The molecule has 2 rings (SSSR count). The Morgan fingerprint density at radius 1 is 1.20 bits per heavy atom. The van der Waals surface area contributed by atoms with Gasteiger partial charge in [0.1, 0.15) is 10.7 Å². The largest absolute Gasteiger partial charge is 0.433 e. The van der Waals surface area contributed by atoms with Crippen molar-refractivity contribution in [1.29, 1.82) is 0 Å². The van der Waals surface area contributed by atoms with Gasteiger partial charge in [0.05, 0.1) is 6.07 Å². The summed E-state index contributed by atoms with van der Waals surface area (Å²) in [6.45, 7) is 0. The lowest BCUT2D eigenvalue weighted by molar-refractivity contribution is -0.402. The van der Waals surface area contributed by atoms with E-state index in [1.807, 2.05) is 0 Å². The molecule has 1 heterocycles. The van der Waals surface area contributed by atoms with Crippen LogP contribution in [0.25, 0.3) is 12.2 Å². The van der Waals surface area contributed by atoms with E-state index in [0.29, 0.717) is 11.3 Å². The minimum atomic E-state index is -0.611. The highest BCUT2D eigenvalue weighted by molar-refractivity contribution is 5.93. The zero-order valence-electron chi connectivity index (χ0n) is 10.1. The van der Waals surface area contributed by atoms with E-state index in [0.717, 1.165) is 5.56 Å². The molecule has 1 aromatic carbocycles. The molecule has 20 heavy (non-hydrogen) atoms. The van der Waals surface area contributed by atoms with Crippen molar-refractivity contribution in [3.63, 3.8) is 0 Å². The molecule has 2 N–H and O–H groups in total. The number of amides is 1. The molecular weight excluding hydrogens is 264 g/mol. The number of hydrogen-bond acceptors (Lipinski definition) is 5. The van der Waals surface area contributed by atoms with Gasteiger partial charge in [-0.2, -0.15) is 0 Å². The van der Waals surface area contributed by atoms with Crippen molar-refractivity contribution >= 4 is 23.9 Å². The number of benzene rings is 1. The summed E-state index contributed by atoms with van der Waals surface area (Å²) >= 11 is 0. The summed E-state index contributed by atoms with van der Waals surface area (Å²) < 4.78 is 4.96. The highest BCUT2D eigenvalue weighted by atomic mass is 16.6. The average molecular weight is 274 g/mol. The minimum absolute atomic E-state index is 0.318. The normalized spacial score (nSPS) is 10.7. The van der Waals surface area contributed by atoms with Crippen LogP contribution in [0, 0.1) is 10.1 Å². The molecule has 0 unspecified atom stereocenters. The Morgan fingerprint density at radius 3 is 2.45 bits per heavy atom. The topological polar surface area (TPSA) is 106 Å². The van der Waals surface area contributed by atoms with Crippen molar-refractivity contribution in [2.45, 2.75) is 0 Å². The van der Waals surface area contributed by atoms with E-state index >= 15 is 0 Å². The van der Waals surface area contributed by atoms with Gasteiger partial charge in [-0.3, -0.25) is 20.1 Å². The van der Waals surface area contributed by atoms with E-state index < -0.39 is 10.8 Å². The minimum Gasteiger partial charge on any atom is -0.401 e. The van der Waals surface area contributed by atoms with Gasteiger partial charge in [0.15, 0.2) is 0 Å². The van der Waals surface area contributed by atoms with E-state index in [2.05, 4.69) is 0 Å². The zero-order chi connectivity index (χ0) is 14.5. The van der Waals surface area contributed by atoms with Crippen molar-refractivity contribution in [1.82, 2.24) is 5.48 Å². The molecule has 0 aliphatic heterocycles. The number of carbonyl (C=O) groups is 1. The van der Waals surface area contributed by atoms with Gasteiger partial charge in [0.2, 0.25) is 0 Å². The first kappa shape index (κ1) is 13.5. The van der Waals surface area contributed by atoms with Crippen molar-refractivity contribution in [2.75, 3.05) is 0 Å². The number of nitrogens with one attached hydrogen (secondary N) is 1. The Labute approximate surface area is 113 Å². The molecule has 7 nitrogen and oxygen atoms in total. The fraction of sp³-hybridized carbons (Fsp3) is 0. The third-order valence-electron chi connectivity index (χ3n) is 2.51. The molecule has 0 aliphatic rings. The first-order valence-electron chi connectivity index (χ1n) is 5.57. The molecule has 0 bridgehead atoms. The maximum absolute atomic E-state index is 11.1. The SMILES string of the molecule is O=C(NO)c1ccc(/C=C/c2ccc([N+](=O)[O-])o2)cc1. The van der Waals surface area contributed by atoms with E-state index in [1.54, 1.807) is 24.3 Å². The average Bonchev–Trinajstić information content (AvgIpc) is 2.94. The number of furan rings is 1. The van der Waals surface area contributed by atoms with Crippen molar-refractivity contribution in [2.24, 2.45) is 0 Å². The molecule has 1 aromatic heterocycles. The van der Waals surface area contributed by atoms with Crippen LogP contribution in [0.15, 0.2) is 40.8 Å². The van der Waals surface area contributed by atoms with Crippen LogP contribution in [0.5, 0.6) is 0 Å². The molecule has 0 saturated heterocycles. The van der Waals surface area contributed by atoms with Crippen LogP contribution in [0.4, 0.5) is 5.88 Å². The summed E-state index contributed by atoms with van der Waals surface area (Å²) in [7, 11) is 0. The fourth-order valence-electron chi connectivity index (χ4n) is 1.52. The van der Waals surface area contributed by atoms with Crippen LogP contribution in [-0.4, -0.2) is 16.0 Å². The first-order valence-corrected chi connectivity index (χ1v) is 5.57. The fourth-order valence-corrected chi connectivity index (χ4v) is 1.52. The maximum atomic E-state index is 11.1. The summed E-state index contributed by atoms with van der Waals surface area (Å²) in [5.74, 6) is -0.560. The maximum Gasteiger partial charge on any atom is 0.433 e. The molecule has 2 aromatic rings. The quantitative estimate of drug-likeness (QED) is 0.506. The molecule has 0 spiro atoms. The van der Waals surface area contributed by atoms with Crippen molar-refractivity contribution in [3.05, 3.63) is 63.4 Å². The molecule has 0 aliphatic carbocycles. The molecule has 1 amide bonds. The molecule has 0 saturated carbocycles. The van der Waals surface area contributed by atoms with Gasteiger partial charge in [-0.25, -0.2) is 5.48 Å². The highest BCUT2D eigenvalue weighted by Crippen LogP contribution is 2.18. The predicted octanol–water partition coefficient (Wildman–Crippen LogP) is 2.48. The summed E-state index contributed by atoms with van der Waals surface area (Å²) in [4.78, 5) is 20.9. The van der Waals surface area contributed by atoms with Crippen LogP contribution in [0.3, 0.4) is 0 Å².